The molecule has 0 radical (unpaired) electrons. The van der Waals surface area contributed by atoms with Crippen LogP contribution in [0.15, 0.2) is 48.5 Å². The highest BCUT2D eigenvalue weighted by molar-refractivity contribution is 5.86. The molecule has 28 heavy (non-hydrogen) atoms. The molecule has 2 aliphatic rings. The predicted octanol–water partition coefficient (Wildman–Crippen LogP) is 3.50. The second-order valence-corrected chi connectivity index (χ2v) is 7.29. The molecule has 4 rings (SSSR count). The number of carbonyl (C=O) groups excluding carboxylic acids is 1. The number of carbonyl (C=O) groups is 2. The molecule has 1 N–H and O–H groups in total. The summed E-state index contributed by atoms with van der Waals surface area (Å²) < 4.78 is 10.8. The summed E-state index contributed by atoms with van der Waals surface area (Å²) in [5.41, 5.74) is 3.23. The quantitative estimate of drug-likeness (QED) is 0.829. The molecule has 0 atom stereocenters. The number of ether oxygens (including phenoxy) is 2. The Morgan fingerprint density at radius 1 is 1.11 bits per heavy atom. The lowest BCUT2D eigenvalue weighted by molar-refractivity contribution is -0.183. The monoisotopic (exact) mass is 381 g/mol. The number of fused-ring (bicyclic) bond motifs is 3. The summed E-state index contributed by atoms with van der Waals surface area (Å²) in [5.74, 6) is -1.11. The zero-order chi connectivity index (χ0) is 19.7. The first-order chi connectivity index (χ1) is 13.6. The van der Waals surface area contributed by atoms with Crippen LogP contribution in [0.2, 0.25) is 0 Å². The molecule has 1 heterocycles. The van der Waals surface area contributed by atoms with Gasteiger partial charge in [-0.25, -0.2) is 9.59 Å². The van der Waals surface area contributed by atoms with Crippen molar-refractivity contribution in [3.8, 4) is 11.1 Å². The van der Waals surface area contributed by atoms with Gasteiger partial charge in [0.25, 0.3) is 0 Å². The van der Waals surface area contributed by atoms with E-state index < -0.39 is 17.6 Å². The van der Waals surface area contributed by atoms with Gasteiger partial charge in [0.15, 0.2) is 5.54 Å². The molecule has 1 aliphatic heterocycles. The first-order valence-corrected chi connectivity index (χ1v) is 9.52. The minimum atomic E-state index is -1.32. The van der Waals surface area contributed by atoms with Crippen molar-refractivity contribution >= 4 is 12.1 Å². The highest BCUT2D eigenvalue weighted by Gasteiger charge is 2.53. The van der Waals surface area contributed by atoms with Crippen LogP contribution in [0.1, 0.15) is 30.4 Å². The third kappa shape index (κ3) is 2.85. The lowest BCUT2D eigenvalue weighted by Crippen LogP contribution is -2.68. The minimum Gasteiger partial charge on any atom is -0.479 e. The highest BCUT2D eigenvalue weighted by atomic mass is 16.6. The zero-order valence-corrected chi connectivity index (χ0v) is 15.8. The maximum absolute atomic E-state index is 12.8. The number of hydrogen-bond donors (Lipinski definition) is 1. The molecule has 6 nitrogen and oxygen atoms in total. The summed E-state index contributed by atoms with van der Waals surface area (Å²) in [4.78, 5) is 25.9. The van der Waals surface area contributed by atoms with E-state index in [1.807, 2.05) is 31.2 Å². The van der Waals surface area contributed by atoms with Crippen molar-refractivity contribution in [2.75, 3.05) is 26.4 Å². The number of amides is 1. The van der Waals surface area contributed by atoms with E-state index in [2.05, 4.69) is 24.3 Å². The van der Waals surface area contributed by atoms with E-state index in [0.717, 1.165) is 22.3 Å². The summed E-state index contributed by atoms with van der Waals surface area (Å²) in [5, 5.41) is 9.64. The minimum absolute atomic E-state index is 0.00741. The largest absolute Gasteiger partial charge is 0.479 e. The van der Waals surface area contributed by atoms with Gasteiger partial charge in [0.05, 0.1) is 13.2 Å². The Balaban J connectivity index is 1.55. The van der Waals surface area contributed by atoms with E-state index in [1.165, 1.54) is 4.90 Å². The number of hydrogen-bond acceptors (Lipinski definition) is 4. The van der Waals surface area contributed by atoms with Gasteiger partial charge in [-0.2, -0.15) is 0 Å². The van der Waals surface area contributed by atoms with Gasteiger partial charge in [-0.05, 0) is 28.7 Å². The molecule has 0 aromatic heterocycles. The third-order valence-corrected chi connectivity index (χ3v) is 5.60. The molecule has 1 saturated heterocycles. The van der Waals surface area contributed by atoms with E-state index >= 15 is 0 Å². The second kappa shape index (κ2) is 7.28. The molecule has 2 aromatic carbocycles. The summed E-state index contributed by atoms with van der Waals surface area (Å²) in [6, 6.07) is 16.2. The maximum Gasteiger partial charge on any atom is 0.410 e. The predicted molar refractivity (Wildman–Crippen MR) is 103 cm³/mol. The van der Waals surface area contributed by atoms with Gasteiger partial charge in [-0.15, -0.1) is 0 Å². The van der Waals surface area contributed by atoms with Crippen LogP contribution in [0.5, 0.6) is 0 Å². The molecule has 6 heteroatoms. The van der Waals surface area contributed by atoms with Crippen molar-refractivity contribution in [2.45, 2.75) is 24.8 Å². The van der Waals surface area contributed by atoms with Gasteiger partial charge in [-0.1, -0.05) is 55.5 Å². The van der Waals surface area contributed by atoms with Crippen LogP contribution in [0.25, 0.3) is 11.1 Å². The van der Waals surface area contributed by atoms with Crippen molar-refractivity contribution in [1.29, 1.82) is 0 Å². The summed E-state index contributed by atoms with van der Waals surface area (Å²) in [6.45, 7) is 2.37. The fraction of sp³-hybridized carbons (Fsp3) is 0.364. The number of aliphatic carboxylic acids is 1. The number of nitrogens with zero attached hydrogens (tertiary/aromatic N) is 1. The SMILES string of the molecule is CCCN(C(=O)OCC1c2ccccc2-c2ccccc21)C1(C(=O)O)COC1. The Labute approximate surface area is 163 Å². The van der Waals surface area contributed by atoms with Gasteiger partial charge in [-0.3, -0.25) is 4.90 Å². The molecule has 2 aromatic rings. The summed E-state index contributed by atoms with van der Waals surface area (Å²) in [6.07, 6.45) is 0.0357. The topological polar surface area (TPSA) is 76.1 Å². The van der Waals surface area contributed by atoms with Crippen LogP contribution in [-0.4, -0.2) is 54.0 Å². The average Bonchev–Trinajstić information content (AvgIpc) is 2.98. The Bertz CT molecular complexity index is 860. The first-order valence-electron chi connectivity index (χ1n) is 9.52. The van der Waals surface area contributed by atoms with Crippen LogP contribution in [0, 0.1) is 0 Å². The van der Waals surface area contributed by atoms with Crippen molar-refractivity contribution in [3.63, 3.8) is 0 Å². The van der Waals surface area contributed by atoms with Crippen LogP contribution in [0.3, 0.4) is 0 Å². The number of benzene rings is 2. The molecular weight excluding hydrogens is 358 g/mol. The standard InChI is InChI=1S/C22H23NO5/c1-2-11-23(22(20(24)25)13-27-14-22)21(26)28-12-19-17-9-5-3-7-15(17)16-8-4-6-10-18(16)19/h3-10,19H,2,11-14H2,1H3,(H,24,25). The van der Waals surface area contributed by atoms with Crippen molar-refractivity contribution in [3.05, 3.63) is 59.7 Å². The fourth-order valence-electron chi connectivity index (χ4n) is 4.07. The molecule has 1 fully saturated rings. The molecule has 0 bridgehead atoms. The van der Waals surface area contributed by atoms with Gasteiger partial charge in [0.1, 0.15) is 6.61 Å². The van der Waals surface area contributed by atoms with E-state index in [9.17, 15) is 14.7 Å². The number of carboxylic acid groups (broad SMARTS) is 1. The third-order valence-electron chi connectivity index (χ3n) is 5.60. The average molecular weight is 381 g/mol. The lowest BCUT2D eigenvalue weighted by atomic mass is 9.95. The first kappa shape index (κ1) is 18.5. The van der Waals surface area contributed by atoms with Crippen molar-refractivity contribution < 1.29 is 24.2 Å². The smallest absolute Gasteiger partial charge is 0.410 e. The molecule has 1 amide bonds. The Hall–Kier alpha value is -2.86. The van der Waals surface area contributed by atoms with E-state index in [4.69, 9.17) is 9.47 Å². The number of rotatable bonds is 6. The Kier molecular flexibility index (Phi) is 4.81. The van der Waals surface area contributed by atoms with E-state index in [0.29, 0.717) is 13.0 Å². The molecular formula is C22H23NO5. The normalized spacial score (nSPS) is 16.6. The van der Waals surface area contributed by atoms with Crippen molar-refractivity contribution in [2.24, 2.45) is 0 Å². The number of carboxylic acids is 1. The van der Waals surface area contributed by atoms with E-state index in [1.54, 1.807) is 0 Å². The van der Waals surface area contributed by atoms with Crippen LogP contribution >= 0.6 is 0 Å². The van der Waals surface area contributed by atoms with Crippen LogP contribution in [0.4, 0.5) is 4.79 Å². The van der Waals surface area contributed by atoms with Gasteiger partial charge < -0.3 is 14.6 Å². The van der Waals surface area contributed by atoms with Crippen LogP contribution in [-0.2, 0) is 14.3 Å². The lowest BCUT2D eigenvalue weighted by Gasteiger charge is -2.45. The van der Waals surface area contributed by atoms with Crippen LogP contribution < -0.4 is 0 Å². The Morgan fingerprint density at radius 3 is 2.14 bits per heavy atom. The Morgan fingerprint density at radius 2 is 1.68 bits per heavy atom. The van der Waals surface area contributed by atoms with Gasteiger partial charge in [0.2, 0.25) is 0 Å². The molecule has 1 aliphatic carbocycles. The molecule has 0 unspecified atom stereocenters. The zero-order valence-electron chi connectivity index (χ0n) is 15.8. The van der Waals surface area contributed by atoms with Gasteiger partial charge >= 0.3 is 12.1 Å². The summed E-state index contributed by atoms with van der Waals surface area (Å²) in [7, 11) is 0. The second-order valence-electron chi connectivity index (χ2n) is 7.29. The van der Waals surface area contributed by atoms with Gasteiger partial charge in [0, 0.05) is 12.5 Å². The van der Waals surface area contributed by atoms with E-state index in [-0.39, 0.29) is 25.7 Å². The van der Waals surface area contributed by atoms with Crippen molar-refractivity contribution in [1.82, 2.24) is 4.90 Å². The fourth-order valence-corrected chi connectivity index (χ4v) is 4.07. The molecule has 0 spiro atoms. The molecule has 0 saturated carbocycles. The highest BCUT2D eigenvalue weighted by Crippen LogP contribution is 2.44. The maximum atomic E-state index is 12.8. The molecule has 146 valence electrons. The summed E-state index contributed by atoms with van der Waals surface area (Å²) >= 11 is 0.